The largest absolute Gasteiger partial charge is 0.383 e. The van der Waals surface area contributed by atoms with Crippen LogP contribution in [0.5, 0.6) is 0 Å². The molecule has 1 N–H and O–H groups in total. The molecule has 0 atom stereocenters. The molecular weight excluding hydrogens is 258 g/mol. The zero-order valence-corrected chi connectivity index (χ0v) is 13.3. The maximum Gasteiger partial charge on any atom is 0.185 e. The molecule has 0 aromatic carbocycles. The fourth-order valence-electron chi connectivity index (χ4n) is 2.36. The predicted octanol–water partition coefficient (Wildman–Crippen LogP) is 2.42. The van der Waals surface area contributed by atoms with Crippen molar-refractivity contribution in [2.75, 3.05) is 38.3 Å². The van der Waals surface area contributed by atoms with Crippen LogP contribution in [-0.2, 0) is 11.3 Å². The number of rotatable bonds is 6. The van der Waals surface area contributed by atoms with Gasteiger partial charge in [0.1, 0.15) is 0 Å². The Morgan fingerprint density at radius 2 is 2.26 bits per heavy atom. The summed E-state index contributed by atoms with van der Waals surface area (Å²) in [6.07, 6.45) is 1.26. The predicted molar refractivity (Wildman–Crippen MR) is 81.0 cm³/mol. The monoisotopic (exact) mass is 283 g/mol. The van der Waals surface area contributed by atoms with E-state index in [1.54, 1.807) is 7.11 Å². The van der Waals surface area contributed by atoms with Crippen molar-refractivity contribution in [3.63, 3.8) is 0 Å². The van der Waals surface area contributed by atoms with Gasteiger partial charge in [-0.15, -0.1) is 11.3 Å². The third-order valence-electron chi connectivity index (χ3n) is 3.60. The Hall–Kier alpha value is -0.650. The molecule has 1 aliphatic rings. The van der Waals surface area contributed by atoms with Crippen LogP contribution in [-0.4, -0.2) is 38.3 Å². The SMILES string of the molecule is COCCNCc1sc(N2CCC(C)(C)C2)nc1C. The van der Waals surface area contributed by atoms with Gasteiger partial charge in [-0.05, 0) is 18.8 Å². The van der Waals surface area contributed by atoms with Crippen molar-refractivity contribution in [1.29, 1.82) is 0 Å². The lowest BCUT2D eigenvalue weighted by molar-refractivity contribution is 0.199. The molecule has 0 amide bonds. The number of anilines is 1. The van der Waals surface area contributed by atoms with Gasteiger partial charge >= 0.3 is 0 Å². The first kappa shape index (κ1) is 14.8. The zero-order valence-electron chi connectivity index (χ0n) is 12.5. The van der Waals surface area contributed by atoms with Crippen molar-refractivity contribution in [2.45, 2.75) is 33.7 Å². The normalized spacial score (nSPS) is 18.2. The molecule has 2 rings (SSSR count). The van der Waals surface area contributed by atoms with E-state index >= 15 is 0 Å². The summed E-state index contributed by atoms with van der Waals surface area (Å²) in [6, 6.07) is 0. The first-order valence-electron chi connectivity index (χ1n) is 6.93. The summed E-state index contributed by atoms with van der Waals surface area (Å²) >= 11 is 1.83. The standard InChI is InChI=1S/C14H25N3OS/c1-11-12(9-15-6-8-18-4)19-13(16-11)17-7-5-14(2,3)10-17/h15H,5-10H2,1-4H3. The number of nitrogens with zero attached hydrogens (tertiary/aromatic N) is 2. The molecule has 1 aromatic rings. The maximum atomic E-state index is 5.04. The Balaban J connectivity index is 1.93. The van der Waals surface area contributed by atoms with Crippen molar-refractivity contribution in [1.82, 2.24) is 10.3 Å². The Morgan fingerprint density at radius 3 is 2.89 bits per heavy atom. The summed E-state index contributed by atoms with van der Waals surface area (Å²) in [4.78, 5) is 8.50. The van der Waals surface area contributed by atoms with Crippen molar-refractivity contribution in [3.05, 3.63) is 10.6 Å². The van der Waals surface area contributed by atoms with E-state index in [1.807, 2.05) is 11.3 Å². The second-order valence-electron chi connectivity index (χ2n) is 6.01. The van der Waals surface area contributed by atoms with Crippen molar-refractivity contribution in [3.8, 4) is 0 Å². The number of ether oxygens (including phenoxy) is 1. The number of nitrogens with one attached hydrogen (secondary N) is 1. The Kier molecular flexibility index (Phi) is 4.81. The minimum Gasteiger partial charge on any atom is -0.383 e. The van der Waals surface area contributed by atoms with E-state index in [0.717, 1.165) is 38.5 Å². The molecule has 0 spiro atoms. The quantitative estimate of drug-likeness (QED) is 0.814. The third-order valence-corrected chi connectivity index (χ3v) is 4.82. The van der Waals surface area contributed by atoms with Gasteiger partial charge in [-0.1, -0.05) is 13.8 Å². The van der Waals surface area contributed by atoms with Gasteiger partial charge in [0.2, 0.25) is 0 Å². The molecule has 5 heteroatoms. The van der Waals surface area contributed by atoms with E-state index in [9.17, 15) is 0 Å². The molecule has 0 unspecified atom stereocenters. The molecule has 0 aliphatic carbocycles. The van der Waals surface area contributed by atoms with Gasteiger partial charge in [-0.25, -0.2) is 4.98 Å². The molecule has 0 saturated carbocycles. The van der Waals surface area contributed by atoms with E-state index in [4.69, 9.17) is 9.72 Å². The lowest BCUT2D eigenvalue weighted by atomic mass is 9.93. The van der Waals surface area contributed by atoms with Crippen LogP contribution in [0.25, 0.3) is 0 Å². The van der Waals surface area contributed by atoms with Gasteiger partial charge in [0, 0.05) is 38.2 Å². The highest BCUT2D eigenvalue weighted by molar-refractivity contribution is 7.15. The zero-order chi connectivity index (χ0) is 13.9. The maximum absolute atomic E-state index is 5.04. The molecule has 1 fully saturated rings. The van der Waals surface area contributed by atoms with Gasteiger partial charge in [0.25, 0.3) is 0 Å². The highest BCUT2D eigenvalue weighted by Gasteiger charge is 2.30. The lowest BCUT2D eigenvalue weighted by Gasteiger charge is -2.18. The first-order chi connectivity index (χ1) is 9.02. The van der Waals surface area contributed by atoms with Crippen LogP contribution < -0.4 is 10.2 Å². The number of hydrogen-bond donors (Lipinski definition) is 1. The lowest BCUT2D eigenvalue weighted by Crippen LogP contribution is -2.22. The molecule has 1 saturated heterocycles. The molecule has 1 aliphatic heterocycles. The second kappa shape index (κ2) is 6.20. The fourth-order valence-corrected chi connectivity index (χ4v) is 3.42. The highest BCUT2D eigenvalue weighted by atomic mass is 32.1. The summed E-state index contributed by atoms with van der Waals surface area (Å²) in [5.74, 6) is 0. The smallest absolute Gasteiger partial charge is 0.185 e. The Labute approximate surface area is 120 Å². The molecule has 2 heterocycles. The van der Waals surface area contributed by atoms with Crippen molar-refractivity contribution < 1.29 is 4.74 Å². The summed E-state index contributed by atoms with van der Waals surface area (Å²) in [5, 5.41) is 4.58. The van der Waals surface area contributed by atoms with Gasteiger partial charge < -0.3 is 15.0 Å². The van der Waals surface area contributed by atoms with Crippen LogP contribution >= 0.6 is 11.3 Å². The molecule has 108 valence electrons. The summed E-state index contributed by atoms with van der Waals surface area (Å²) in [7, 11) is 1.73. The number of methoxy groups -OCH3 is 1. The molecule has 19 heavy (non-hydrogen) atoms. The van der Waals surface area contributed by atoms with E-state index in [0.29, 0.717) is 5.41 Å². The minimum atomic E-state index is 0.427. The third kappa shape index (κ3) is 3.91. The molecule has 1 aromatic heterocycles. The van der Waals surface area contributed by atoms with Gasteiger partial charge in [0.05, 0.1) is 12.3 Å². The second-order valence-corrected chi connectivity index (χ2v) is 7.07. The van der Waals surface area contributed by atoms with Crippen LogP contribution in [0.3, 0.4) is 0 Å². The van der Waals surface area contributed by atoms with Gasteiger partial charge in [-0.3, -0.25) is 0 Å². The highest BCUT2D eigenvalue weighted by Crippen LogP contribution is 2.35. The first-order valence-corrected chi connectivity index (χ1v) is 7.74. The average molecular weight is 283 g/mol. The van der Waals surface area contributed by atoms with Crippen LogP contribution in [0, 0.1) is 12.3 Å². The summed E-state index contributed by atoms with van der Waals surface area (Å²) in [5.41, 5.74) is 1.59. The molecule has 0 radical (unpaired) electrons. The number of thiazole rings is 1. The van der Waals surface area contributed by atoms with Gasteiger partial charge in [0.15, 0.2) is 5.13 Å². The van der Waals surface area contributed by atoms with Crippen molar-refractivity contribution >= 4 is 16.5 Å². The fraction of sp³-hybridized carbons (Fsp3) is 0.786. The van der Waals surface area contributed by atoms with E-state index in [-0.39, 0.29) is 0 Å². The number of aryl methyl sites for hydroxylation is 1. The van der Waals surface area contributed by atoms with E-state index < -0.39 is 0 Å². The Morgan fingerprint density at radius 1 is 1.47 bits per heavy atom. The van der Waals surface area contributed by atoms with Gasteiger partial charge in [-0.2, -0.15) is 0 Å². The van der Waals surface area contributed by atoms with Crippen LogP contribution in [0.2, 0.25) is 0 Å². The number of hydrogen-bond acceptors (Lipinski definition) is 5. The van der Waals surface area contributed by atoms with Crippen LogP contribution in [0.1, 0.15) is 30.8 Å². The summed E-state index contributed by atoms with van der Waals surface area (Å²) < 4.78 is 5.04. The minimum absolute atomic E-state index is 0.427. The van der Waals surface area contributed by atoms with Crippen LogP contribution in [0.15, 0.2) is 0 Å². The van der Waals surface area contributed by atoms with Crippen molar-refractivity contribution in [2.24, 2.45) is 5.41 Å². The molecular formula is C14H25N3OS. The Bertz CT molecular complexity index is 417. The van der Waals surface area contributed by atoms with E-state index in [2.05, 4.69) is 31.0 Å². The number of aromatic nitrogens is 1. The van der Waals surface area contributed by atoms with E-state index in [1.165, 1.54) is 16.4 Å². The molecule has 0 bridgehead atoms. The topological polar surface area (TPSA) is 37.4 Å². The molecule has 4 nitrogen and oxygen atoms in total. The average Bonchev–Trinajstić information content (AvgIpc) is 2.88. The van der Waals surface area contributed by atoms with Crippen LogP contribution in [0.4, 0.5) is 5.13 Å². The summed E-state index contributed by atoms with van der Waals surface area (Å²) in [6.45, 7) is 11.6.